The Kier molecular flexibility index (Phi) is 5.12. The van der Waals surface area contributed by atoms with Crippen LogP contribution in [0.3, 0.4) is 0 Å². The normalized spacial score (nSPS) is 11.6. The second-order valence-electron chi connectivity index (χ2n) is 4.39. The van der Waals surface area contributed by atoms with Gasteiger partial charge in [0.25, 0.3) is 10.0 Å². The lowest BCUT2D eigenvalue weighted by Crippen LogP contribution is -2.18. The molecule has 2 aromatic rings. The Morgan fingerprint density at radius 1 is 1.43 bits per heavy atom. The molecule has 0 fully saturated rings. The fraction of sp³-hybridized carbons (Fsp3) is 0.250. The van der Waals surface area contributed by atoms with Crippen LogP contribution in [0.1, 0.15) is 11.3 Å². The summed E-state index contributed by atoms with van der Waals surface area (Å²) in [5.41, 5.74) is 1.81. The van der Waals surface area contributed by atoms with E-state index in [1.807, 2.05) is 22.6 Å². The number of rotatable bonds is 5. The van der Waals surface area contributed by atoms with Gasteiger partial charge in [-0.15, -0.1) is 0 Å². The molecule has 1 aromatic carbocycles. The number of halogens is 2. The van der Waals surface area contributed by atoms with E-state index in [1.54, 1.807) is 32.2 Å². The first-order valence-electron chi connectivity index (χ1n) is 6.01. The molecule has 6 nitrogen and oxygen atoms in total. The van der Waals surface area contributed by atoms with Gasteiger partial charge < -0.3 is 5.32 Å². The molecule has 3 N–H and O–H groups in total. The van der Waals surface area contributed by atoms with Crippen LogP contribution in [-0.4, -0.2) is 25.7 Å². The van der Waals surface area contributed by atoms with Crippen LogP contribution >= 0.6 is 34.2 Å². The van der Waals surface area contributed by atoms with Gasteiger partial charge in [-0.2, -0.15) is 13.5 Å². The summed E-state index contributed by atoms with van der Waals surface area (Å²) in [5, 5.41) is 10.1. The molecular weight excluding hydrogens is 427 g/mol. The van der Waals surface area contributed by atoms with Crippen molar-refractivity contribution in [1.82, 2.24) is 15.5 Å². The molecule has 1 aromatic heterocycles. The first-order valence-corrected chi connectivity index (χ1v) is 8.95. The molecule has 0 aliphatic heterocycles. The van der Waals surface area contributed by atoms with Gasteiger partial charge in [-0.25, -0.2) is 0 Å². The van der Waals surface area contributed by atoms with Crippen molar-refractivity contribution in [1.29, 1.82) is 0 Å². The molecule has 0 unspecified atom stereocenters. The molecule has 2 rings (SSSR count). The Bertz CT molecular complexity index is 761. The zero-order chi connectivity index (χ0) is 15.6. The Morgan fingerprint density at radius 3 is 2.76 bits per heavy atom. The molecule has 0 aliphatic rings. The van der Waals surface area contributed by atoms with E-state index in [4.69, 9.17) is 11.6 Å². The molecule has 0 amide bonds. The molecule has 9 heteroatoms. The van der Waals surface area contributed by atoms with Gasteiger partial charge >= 0.3 is 0 Å². The summed E-state index contributed by atoms with van der Waals surface area (Å²) in [6.45, 7) is 2.20. The average Bonchev–Trinajstić information content (AvgIpc) is 2.76. The Labute approximate surface area is 141 Å². The summed E-state index contributed by atoms with van der Waals surface area (Å²) in [5.74, 6) is 0. The van der Waals surface area contributed by atoms with Crippen LogP contribution in [0.2, 0.25) is 5.02 Å². The molecule has 0 spiro atoms. The first-order chi connectivity index (χ1) is 9.85. The molecule has 1 heterocycles. The molecule has 0 saturated heterocycles. The minimum absolute atomic E-state index is 0.0000926. The lowest BCUT2D eigenvalue weighted by molar-refractivity contribution is 0.595. The van der Waals surface area contributed by atoms with Gasteiger partial charge in [-0.3, -0.25) is 9.82 Å². The number of nitrogens with one attached hydrogen (secondary N) is 3. The monoisotopic (exact) mass is 440 g/mol. The average molecular weight is 441 g/mol. The highest BCUT2D eigenvalue weighted by atomic mass is 127. The van der Waals surface area contributed by atoms with Crippen LogP contribution in [0.4, 0.5) is 5.69 Å². The van der Waals surface area contributed by atoms with E-state index >= 15 is 0 Å². The van der Waals surface area contributed by atoms with Crippen molar-refractivity contribution in [3.8, 4) is 0 Å². The van der Waals surface area contributed by atoms with Gasteiger partial charge in [-0.1, -0.05) is 11.6 Å². The van der Waals surface area contributed by atoms with Crippen molar-refractivity contribution in [2.75, 3.05) is 11.8 Å². The lowest BCUT2D eigenvalue weighted by atomic mass is 10.3. The Morgan fingerprint density at radius 2 is 2.14 bits per heavy atom. The van der Waals surface area contributed by atoms with E-state index in [1.165, 1.54) is 0 Å². The third-order valence-electron chi connectivity index (χ3n) is 2.82. The standard InChI is InChI=1S/C12H14ClIN4O2S/c1-7-9(6-15-2)12(17-16-7)21(19,20)18-11-4-3-8(13)5-10(11)14/h3-5,15,18H,6H2,1-2H3,(H,16,17). The predicted octanol–water partition coefficient (Wildman–Crippen LogP) is 2.50. The predicted molar refractivity (Wildman–Crippen MR) is 91.1 cm³/mol. The van der Waals surface area contributed by atoms with Crippen LogP contribution in [0.25, 0.3) is 0 Å². The third-order valence-corrected chi connectivity index (χ3v) is 5.28. The highest BCUT2D eigenvalue weighted by Gasteiger charge is 2.24. The third kappa shape index (κ3) is 3.68. The molecule has 0 saturated carbocycles. The zero-order valence-electron chi connectivity index (χ0n) is 11.4. The Hall–Kier alpha value is -0.840. The molecule has 0 atom stereocenters. The van der Waals surface area contributed by atoms with Gasteiger partial charge in [0.15, 0.2) is 0 Å². The van der Waals surface area contributed by atoms with E-state index in [9.17, 15) is 8.42 Å². The van der Waals surface area contributed by atoms with Crippen LogP contribution in [-0.2, 0) is 16.6 Å². The molecule has 0 radical (unpaired) electrons. The second kappa shape index (κ2) is 6.51. The minimum Gasteiger partial charge on any atom is -0.316 e. The first kappa shape index (κ1) is 16.5. The summed E-state index contributed by atoms with van der Waals surface area (Å²) in [7, 11) is -2.01. The number of anilines is 1. The molecule has 0 bridgehead atoms. The van der Waals surface area contributed by atoms with E-state index < -0.39 is 10.0 Å². The fourth-order valence-electron chi connectivity index (χ4n) is 1.80. The van der Waals surface area contributed by atoms with Crippen LogP contribution in [0.5, 0.6) is 0 Å². The number of aromatic nitrogens is 2. The van der Waals surface area contributed by atoms with E-state index in [2.05, 4.69) is 20.2 Å². The quantitative estimate of drug-likeness (QED) is 0.624. The van der Waals surface area contributed by atoms with Gasteiger partial charge in [0.2, 0.25) is 5.03 Å². The van der Waals surface area contributed by atoms with Crippen molar-refractivity contribution in [2.45, 2.75) is 18.5 Å². The number of aryl methyl sites for hydroxylation is 1. The molecule has 114 valence electrons. The molecular formula is C12H14ClIN4O2S. The number of nitrogens with zero attached hydrogens (tertiary/aromatic N) is 1. The maximum atomic E-state index is 12.5. The number of hydrogen-bond acceptors (Lipinski definition) is 4. The van der Waals surface area contributed by atoms with Crippen LogP contribution in [0.15, 0.2) is 23.2 Å². The van der Waals surface area contributed by atoms with Crippen molar-refractivity contribution in [3.05, 3.63) is 38.0 Å². The van der Waals surface area contributed by atoms with Crippen molar-refractivity contribution in [2.24, 2.45) is 0 Å². The van der Waals surface area contributed by atoms with E-state index in [-0.39, 0.29) is 5.03 Å². The van der Waals surface area contributed by atoms with Gasteiger partial charge in [0.1, 0.15) is 0 Å². The lowest BCUT2D eigenvalue weighted by Gasteiger charge is -2.10. The van der Waals surface area contributed by atoms with Gasteiger partial charge in [0.05, 0.1) is 5.69 Å². The summed E-state index contributed by atoms with van der Waals surface area (Å²) >= 11 is 7.89. The fourth-order valence-corrected chi connectivity index (χ4v) is 4.27. The van der Waals surface area contributed by atoms with E-state index in [0.29, 0.717) is 26.4 Å². The number of aromatic amines is 1. The SMILES string of the molecule is CNCc1c(S(=O)(=O)Nc2ccc(Cl)cc2I)n[nH]c1C. The largest absolute Gasteiger partial charge is 0.316 e. The van der Waals surface area contributed by atoms with Crippen molar-refractivity contribution >= 4 is 49.9 Å². The maximum Gasteiger partial charge on any atom is 0.281 e. The molecule has 21 heavy (non-hydrogen) atoms. The van der Waals surface area contributed by atoms with Gasteiger partial charge in [-0.05, 0) is 54.8 Å². The molecule has 0 aliphatic carbocycles. The second-order valence-corrected chi connectivity index (χ2v) is 7.59. The highest BCUT2D eigenvalue weighted by Crippen LogP contribution is 2.25. The summed E-state index contributed by atoms with van der Waals surface area (Å²) in [4.78, 5) is 0. The number of hydrogen-bond donors (Lipinski definition) is 3. The minimum atomic E-state index is -3.76. The zero-order valence-corrected chi connectivity index (χ0v) is 15.1. The van der Waals surface area contributed by atoms with Crippen LogP contribution in [0, 0.1) is 10.5 Å². The van der Waals surface area contributed by atoms with Crippen molar-refractivity contribution < 1.29 is 8.42 Å². The smallest absolute Gasteiger partial charge is 0.281 e. The Balaban J connectivity index is 2.39. The number of sulfonamides is 1. The highest BCUT2D eigenvalue weighted by molar-refractivity contribution is 14.1. The van der Waals surface area contributed by atoms with Gasteiger partial charge in [0, 0.05) is 26.4 Å². The summed E-state index contributed by atoms with van der Waals surface area (Å²) < 4.78 is 28.2. The summed E-state index contributed by atoms with van der Waals surface area (Å²) in [6.07, 6.45) is 0. The van der Waals surface area contributed by atoms with E-state index in [0.717, 1.165) is 5.69 Å². The number of benzene rings is 1. The summed E-state index contributed by atoms with van der Waals surface area (Å²) in [6, 6.07) is 4.94. The number of H-pyrrole nitrogens is 1. The maximum absolute atomic E-state index is 12.5. The van der Waals surface area contributed by atoms with Crippen molar-refractivity contribution in [3.63, 3.8) is 0 Å². The topological polar surface area (TPSA) is 86.9 Å². The van der Waals surface area contributed by atoms with Crippen LogP contribution < -0.4 is 10.0 Å².